The van der Waals surface area contributed by atoms with E-state index in [1.807, 2.05) is 13.8 Å². The smallest absolute Gasteiger partial charge is 0.343 e. The summed E-state index contributed by atoms with van der Waals surface area (Å²) in [5.74, 6) is -10.3. The van der Waals surface area contributed by atoms with E-state index in [2.05, 4.69) is 16.0 Å². The minimum absolute atomic E-state index is 0.00367. The van der Waals surface area contributed by atoms with Crippen LogP contribution in [0.25, 0.3) is 0 Å². The van der Waals surface area contributed by atoms with E-state index in [0.717, 1.165) is 72.5 Å². The highest BCUT2D eigenvalue weighted by Gasteiger charge is 2.52. The lowest BCUT2D eigenvalue weighted by Gasteiger charge is -2.43. The van der Waals surface area contributed by atoms with Crippen molar-refractivity contribution in [1.29, 1.82) is 0 Å². The standard InChI is InChI=1S/C72H116ClF3N12O12/c1-11-25-53-63(93)78-61(46(3)12-2)68(98)82(6)44-59(91)80(4)45-60(92)84(8)55(41-47-26-16-13-17-27-47)66(96)81(5)43-57(89)77-52(34-32-48-31-33-50(51(73)40-48)72(74,75)76)65(95)88-39-24-30-54(88)64(94)79-71(35-20-21-36-71)70(100)86(10)62(49-28-18-14-19-29-49)69(99)85(9)56(42-58(90)83(53)7)67(97)87-37-22-15-23-38-87/h46-56,61-62H,11-45H2,1-10H3,(H,77,89)(H,78,93)(H,79,94)/t46-,48?,50?,51?,52-,53-,54-,55-,56-,61-,62-/m0/s1. The van der Waals surface area contributed by atoms with Gasteiger partial charge in [0.25, 0.3) is 0 Å². The van der Waals surface area contributed by atoms with Gasteiger partial charge >= 0.3 is 6.18 Å². The lowest BCUT2D eigenvalue weighted by atomic mass is 9.78. The van der Waals surface area contributed by atoms with E-state index in [-0.39, 0.29) is 88.5 Å². The lowest BCUT2D eigenvalue weighted by Crippen LogP contribution is -2.65. The monoisotopic (exact) mass is 1430 g/mol. The van der Waals surface area contributed by atoms with Crippen molar-refractivity contribution in [3.63, 3.8) is 0 Å². The Bertz CT molecular complexity index is 2890. The molecule has 100 heavy (non-hydrogen) atoms. The van der Waals surface area contributed by atoms with Crippen molar-refractivity contribution in [3.05, 3.63) is 0 Å². The number of halogens is 4. The molecule has 0 aromatic heterocycles. The number of piperidine rings is 1. The van der Waals surface area contributed by atoms with E-state index < -0.39 is 168 Å². The average Bonchev–Trinajstić information content (AvgIpc) is 1.37. The second-order valence-corrected chi connectivity index (χ2v) is 31.0. The highest BCUT2D eigenvalue weighted by atomic mass is 35.5. The van der Waals surface area contributed by atoms with E-state index in [4.69, 9.17) is 11.6 Å². The molecule has 3 saturated heterocycles. The van der Waals surface area contributed by atoms with E-state index >= 15 is 28.8 Å². The summed E-state index contributed by atoms with van der Waals surface area (Å²) in [6.07, 6.45) is 8.46. The molecule has 1 spiro atoms. The number of amides is 12. The Kier molecular flexibility index (Phi) is 29.8. The maximum Gasteiger partial charge on any atom is 0.393 e. The predicted molar refractivity (Wildman–Crippen MR) is 370 cm³/mol. The fourth-order valence-electron chi connectivity index (χ4n) is 16.7. The number of carbonyl (C=O) groups is 12. The number of carbonyl (C=O) groups excluding carboxylic acids is 12. The molecule has 4 saturated carbocycles. The molecule has 12 amide bonds. The number of likely N-dealkylation sites (tertiary alicyclic amines) is 1. The fraction of sp³-hybridized carbons (Fsp3) is 0.833. The lowest BCUT2D eigenvalue weighted by molar-refractivity contribution is -0.182. The van der Waals surface area contributed by atoms with Crippen molar-refractivity contribution in [2.45, 2.75) is 266 Å². The molecule has 7 aliphatic rings. The van der Waals surface area contributed by atoms with Crippen LogP contribution in [0.1, 0.15) is 207 Å². The van der Waals surface area contributed by atoms with Crippen molar-refractivity contribution < 1.29 is 70.7 Å². The molecule has 28 heteroatoms. The highest BCUT2D eigenvalue weighted by Crippen LogP contribution is 2.44. The molecule has 3 unspecified atom stereocenters. The quantitative estimate of drug-likeness (QED) is 0.194. The van der Waals surface area contributed by atoms with Crippen LogP contribution in [0.15, 0.2) is 0 Å². The van der Waals surface area contributed by atoms with Gasteiger partial charge in [-0.15, -0.1) is 11.6 Å². The Morgan fingerprint density at radius 2 is 1.17 bits per heavy atom. The molecule has 3 heterocycles. The SMILES string of the molecule is CCC[C@H]1C(=O)N[C@@H]([C@@H](C)CC)C(=O)N(C)CC(=O)N(C)CC(=O)N(C)[C@@H](CC2CCCCC2)C(=O)N(C)CC(=O)N[C@@H](CCC2CCC(C(F)(F)F)C(Cl)C2)C(=O)N2CCC[C@H]2C(=O)NC2(CCCC2)C(=O)N(C)[C@@H](C2CCCCC2)C(=O)N(C)[C@H](C(=O)N2CCCCC2)CC(=O)N1C. The number of hydrogen-bond acceptors (Lipinski definition) is 12. The first-order chi connectivity index (χ1) is 47.3. The third-order valence-corrected chi connectivity index (χ3v) is 23.8. The van der Waals surface area contributed by atoms with Crippen LogP contribution in [0.4, 0.5) is 13.2 Å². The summed E-state index contributed by atoms with van der Waals surface area (Å²) in [6.45, 7) is 4.68. The second kappa shape index (κ2) is 36.7. The Morgan fingerprint density at radius 3 is 1.78 bits per heavy atom. The number of rotatable bonds is 11. The second-order valence-electron chi connectivity index (χ2n) is 30.4. The molecule has 7 rings (SSSR count). The summed E-state index contributed by atoms with van der Waals surface area (Å²) in [5.41, 5.74) is -1.55. The summed E-state index contributed by atoms with van der Waals surface area (Å²) in [6, 6.07) is -8.46. The van der Waals surface area contributed by atoms with Crippen molar-refractivity contribution in [1.82, 2.24) is 60.0 Å². The van der Waals surface area contributed by atoms with Gasteiger partial charge in [-0.2, -0.15) is 13.2 Å². The minimum Gasteiger partial charge on any atom is -0.343 e. The Balaban J connectivity index is 1.27. The van der Waals surface area contributed by atoms with Gasteiger partial charge in [0.05, 0.1) is 32.0 Å². The van der Waals surface area contributed by atoms with Gasteiger partial charge in [-0.25, -0.2) is 0 Å². The van der Waals surface area contributed by atoms with Gasteiger partial charge in [0.2, 0.25) is 70.9 Å². The van der Waals surface area contributed by atoms with Crippen molar-refractivity contribution in [2.75, 3.05) is 88.6 Å². The maximum atomic E-state index is 15.8. The van der Waals surface area contributed by atoms with Gasteiger partial charge in [0.1, 0.15) is 47.8 Å². The molecule has 0 aromatic rings. The van der Waals surface area contributed by atoms with Gasteiger partial charge < -0.3 is 60.0 Å². The Morgan fingerprint density at radius 1 is 0.570 bits per heavy atom. The molecule has 3 N–H and O–H groups in total. The molecule has 3 aliphatic heterocycles. The van der Waals surface area contributed by atoms with Crippen LogP contribution >= 0.6 is 11.6 Å². The van der Waals surface area contributed by atoms with Crippen LogP contribution in [-0.2, 0) is 57.5 Å². The molecule has 0 aromatic carbocycles. The summed E-state index contributed by atoms with van der Waals surface area (Å²) in [5, 5.41) is 7.63. The first-order valence-electron chi connectivity index (χ1n) is 37.3. The van der Waals surface area contributed by atoms with Gasteiger partial charge in [0.15, 0.2) is 0 Å². The molecule has 0 bridgehead atoms. The van der Waals surface area contributed by atoms with E-state index in [1.54, 1.807) is 11.8 Å². The van der Waals surface area contributed by atoms with E-state index in [0.29, 0.717) is 70.9 Å². The van der Waals surface area contributed by atoms with E-state index in [1.165, 1.54) is 73.8 Å². The summed E-state index contributed by atoms with van der Waals surface area (Å²) >= 11 is 6.41. The molecule has 564 valence electrons. The van der Waals surface area contributed by atoms with Gasteiger partial charge in [-0.05, 0) is 126 Å². The van der Waals surface area contributed by atoms with Crippen molar-refractivity contribution >= 4 is 82.5 Å². The number of nitrogens with one attached hydrogen (secondary N) is 3. The van der Waals surface area contributed by atoms with Gasteiger partial charge in [0, 0.05) is 74.3 Å². The van der Waals surface area contributed by atoms with Crippen LogP contribution < -0.4 is 16.0 Å². The van der Waals surface area contributed by atoms with Crippen LogP contribution in [0.2, 0.25) is 0 Å². The zero-order valence-corrected chi connectivity index (χ0v) is 61.9. The minimum atomic E-state index is -4.51. The third-order valence-electron chi connectivity index (χ3n) is 23.3. The van der Waals surface area contributed by atoms with Crippen molar-refractivity contribution in [3.8, 4) is 0 Å². The molecule has 11 atom stereocenters. The molecule has 7 fully saturated rings. The number of likely N-dealkylation sites (N-methyl/N-ethyl adjacent to an activating group) is 7. The molecule has 24 nitrogen and oxygen atoms in total. The average molecular weight is 1430 g/mol. The first kappa shape index (κ1) is 81.0. The summed E-state index contributed by atoms with van der Waals surface area (Å²) in [4.78, 5) is 191. The zero-order valence-electron chi connectivity index (χ0n) is 61.2. The van der Waals surface area contributed by atoms with Crippen LogP contribution in [0.5, 0.6) is 0 Å². The number of hydrogen-bond donors (Lipinski definition) is 3. The van der Waals surface area contributed by atoms with Crippen LogP contribution in [-0.4, -0.2) is 263 Å². The zero-order chi connectivity index (χ0) is 73.5. The fourth-order valence-corrected chi connectivity index (χ4v) is 17.2. The summed E-state index contributed by atoms with van der Waals surface area (Å²) < 4.78 is 42.0. The Hall–Kier alpha value is -6.28. The topological polar surface area (TPSA) is 270 Å². The number of fused-ring (bicyclic) bond motifs is 1. The molecule has 4 aliphatic carbocycles. The van der Waals surface area contributed by atoms with Gasteiger partial charge in [-0.3, -0.25) is 57.5 Å². The first-order valence-corrected chi connectivity index (χ1v) is 37.8. The highest BCUT2D eigenvalue weighted by molar-refractivity contribution is 6.21. The molecular formula is C72H116ClF3N12O12. The van der Waals surface area contributed by atoms with Crippen molar-refractivity contribution in [2.24, 2.45) is 29.6 Å². The molecule has 0 radical (unpaired) electrons. The maximum absolute atomic E-state index is 15.8. The number of alkyl halides is 4. The third kappa shape index (κ3) is 20.3. The van der Waals surface area contributed by atoms with Crippen LogP contribution in [0.3, 0.4) is 0 Å². The Labute approximate surface area is 595 Å². The largest absolute Gasteiger partial charge is 0.393 e. The normalized spacial score (nSPS) is 30.1. The summed E-state index contributed by atoms with van der Waals surface area (Å²) in [7, 11) is 10.1. The van der Waals surface area contributed by atoms with Gasteiger partial charge in [-0.1, -0.05) is 97.8 Å². The predicted octanol–water partition coefficient (Wildman–Crippen LogP) is 6.24. The molecular weight excluding hydrogens is 1320 g/mol. The van der Waals surface area contributed by atoms with Crippen LogP contribution in [0, 0.1) is 29.6 Å². The van der Waals surface area contributed by atoms with E-state index in [9.17, 15) is 41.9 Å². The number of nitrogens with zero attached hydrogens (tertiary/aromatic N) is 9.